The molecule has 0 saturated carbocycles. The molecule has 0 amide bonds. The summed E-state index contributed by atoms with van der Waals surface area (Å²) in [5, 5.41) is 2.47. The van der Waals surface area contributed by atoms with Crippen molar-refractivity contribution in [3.05, 3.63) is 182 Å². The van der Waals surface area contributed by atoms with Crippen LogP contribution in [0.15, 0.2) is 182 Å². The van der Waals surface area contributed by atoms with Gasteiger partial charge in [-0.15, -0.1) is 0 Å². The van der Waals surface area contributed by atoms with Gasteiger partial charge in [-0.3, -0.25) is 0 Å². The van der Waals surface area contributed by atoms with E-state index in [0.29, 0.717) is 0 Å². The fourth-order valence-corrected chi connectivity index (χ4v) is 6.35. The second kappa shape index (κ2) is 11.1. The number of benzene rings is 7. The summed E-state index contributed by atoms with van der Waals surface area (Å²) in [6.07, 6.45) is 0. The first-order chi connectivity index (χ1) is 21.8. The van der Waals surface area contributed by atoms with E-state index < -0.39 is 0 Å². The zero-order valence-corrected chi connectivity index (χ0v) is 24.2. The van der Waals surface area contributed by atoms with Gasteiger partial charge in [0.15, 0.2) is 0 Å². The summed E-state index contributed by atoms with van der Waals surface area (Å²) in [6.45, 7) is 0. The van der Waals surface area contributed by atoms with E-state index in [0.717, 1.165) is 22.7 Å². The molecule has 2 heteroatoms. The first-order valence-corrected chi connectivity index (χ1v) is 15.0. The van der Waals surface area contributed by atoms with Crippen molar-refractivity contribution in [3.8, 4) is 27.9 Å². The first kappa shape index (κ1) is 25.8. The Morgan fingerprint density at radius 1 is 0.364 bits per heavy atom. The Morgan fingerprint density at radius 2 is 0.909 bits per heavy atom. The maximum absolute atomic E-state index is 2.39. The SMILES string of the molecule is c1ccc(-c2ccc(N(c3ccc4c(c3)c3ccccc3n4-c3ccccc3)c3ccccc3-c3ccccc3)cc2)cc1. The predicted molar refractivity (Wildman–Crippen MR) is 186 cm³/mol. The van der Waals surface area contributed by atoms with Crippen LogP contribution >= 0.6 is 0 Å². The molecule has 0 aliphatic carbocycles. The van der Waals surface area contributed by atoms with Crippen LogP contribution in [0.1, 0.15) is 0 Å². The largest absolute Gasteiger partial charge is 0.310 e. The lowest BCUT2D eigenvalue weighted by atomic mass is 10.0. The highest BCUT2D eigenvalue weighted by molar-refractivity contribution is 6.10. The normalized spacial score (nSPS) is 11.2. The molecule has 208 valence electrons. The van der Waals surface area contributed by atoms with Crippen LogP contribution in [0.2, 0.25) is 0 Å². The van der Waals surface area contributed by atoms with Crippen LogP contribution in [0, 0.1) is 0 Å². The molecule has 1 heterocycles. The van der Waals surface area contributed by atoms with Crippen molar-refractivity contribution >= 4 is 38.9 Å². The van der Waals surface area contributed by atoms with Gasteiger partial charge in [-0.25, -0.2) is 0 Å². The molecule has 2 nitrogen and oxygen atoms in total. The Hall–Kier alpha value is -5.86. The average Bonchev–Trinajstić information content (AvgIpc) is 3.44. The number of hydrogen-bond acceptors (Lipinski definition) is 1. The van der Waals surface area contributed by atoms with Gasteiger partial charge >= 0.3 is 0 Å². The van der Waals surface area contributed by atoms with Gasteiger partial charge in [-0.1, -0.05) is 127 Å². The van der Waals surface area contributed by atoms with Crippen molar-refractivity contribution in [2.45, 2.75) is 0 Å². The molecule has 0 fully saturated rings. The van der Waals surface area contributed by atoms with Crippen molar-refractivity contribution in [1.29, 1.82) is 0 Å². The van der Waals surface area contributed by atoms with Gasteiger partial charge in [-0.05, 0) is 71.3 Å². The molecule has 0 spiro atoms. The molecule has 0 aliphatic heterocycles. The fraction of sp³-hybridized carbons (Fsp3) is 0. The van der Waals surface area contributed by atoms with Gasteiger partial charge in [0, 0.05) is 33.4 Å². The lowest BCUT2D eigenvalue weighted by Gasteiger charge is -2.28. The third-order valence-corrected chi connectivity index (χ3v) is 8.39. The summed E-state index contributed by atoms with van der Waals surface area (Å²) < 4.78 is 2.37. The number of para-hydroxylation sites is 3. The number of anilines is 3. The van der Waals surface area contributed by atoms with Gasteiger partial charge in [0.2, 0.25) is 0 Å². The Balaban J connectivity index is 1.35. The molecule has 0 aliphatic rings. The van der Waals surface area contributed by atoms with Crippen LogP contribution < -0.4 is 4.90 Å². The van der Waals surface area contributed by atoms with Crippen LogP contribution in [0.3, 0.4) is 0 Å². The smallest absolute Gasteiger partial charge is 0.0542 e. The summed E-state index contributed by atoms with van der Waals surface area (Å²) >= 11 is 0. The lowest BCUT2D eigenvalue weighted by Crippen LogP contribution is -2.11. The molecule has 0 bridgehead atoms. The highest BCUT2D eigenvalue weighted by Crippen LogP contribution is 2.43. The van der Waals surface area contributed by atoms with E-state index in [1.807, 2.05) is 0 Å². The predicted octanol–water partition coefficient (Wildman–Crippen LogP) is 11.6. The van der Waals surface area contributed by atoms with Gasteiger partial charge < -0.3 is 9.47 Å². The lowest BCUT2D eigenvalue weighted by molar-refractivity contribution is 1.18. The number of nitrogens with zero attached hydrogens (tertiary/aromatic N) is 2. The summed E-state index contributed by atoms with van der Waals surface area (Å²) in [5.41, 5.74) is 11.7. The van der Waals surface area contributed by atoms with Crippen molar-refractivity contribution in [1.82, 2.24) is 4.57 Å². The van der Waals surface area contributed by atoms with Crippen LogP contribution in [-0.2, 0) is 0 Å². The monoisotopic (exact) mass is 562 g/mol. The zero-order chi connectivity index (χ0) is 29.3. The summed E-state index contributed by atoms with van der Waals surface area (Å²) in [5.74, 6) is 0. The molecular formula is C42H30N2. The molecule has 1 aromatic heterocycles. The minimum absolute atomic E-state index is 1.11. The van der Waals surface area contributed by atoms with Crippen molar-refractivity contribution < 1.29 is 0 Å². The van der Waals surface area contributed by atoms with Crippen molar-refractivity contribution in [2.75, 3.05) is 4.90 Å². The van der Waals surface area contributed by atoms with E-state index in [1.165, 1.54) is 44.1 Å². The van der Waals surface area contributed by atoms with E-state index >= 15 is 0 Å². The summed E-state index contributed by atoms with van der Waals surface area (Å²) in [6, 6.07) is 65.1. The Labute approximate surface area is 257 Å². The third kappa shape index (κ3) is 4.54. The standard InChI is InChI=1S/C42H30N2/c1-4-14-31(15-5-1)32-24-26-35(27-25-32)43(40-22-12-10-20-37(40)33-16-6-2-7-17-33)36-28-29-42-39(30-36)38-21-11-13-23-41(38)44(42)34-18-8-3-9-19-34/h1-30H. The van der Waals surface area contributed by atoms with Crippen LogP contribution in [0.4, 0.5) is 17.1 Å². The molecular weight excluding hydrogens is 532 g/mol. The average molecular weight is 563 g/mol. The maximum Gasteiger partial charge on any atom is 0.0542 e. The first-order valence-electron chi connectivity index (χ1n) is 15.0. The molecule has 0 atom stereocenters. The highest BCUT2D eigenvalue weighted by atomic mass is 15.1. The Bertz CT molecular complexity index is 2200. The van der Waals surface area contributed by atoms with E-state index in [2.05, 4.69) is 191 Å². The molecule has 0 saturated heterocycles. The topological polar surface area (TPSA) is 8.17 Å². The maximum atomic E-state index is 2.39. The Kier molecular flexibility index (Phi) is 6.51. The zero-order valence-electron chi connectivity index (χ0n) is 24.2. The summed E-state index contributed by atoms with van der Waals surface area (Å²) in [4.78, 5) is 2.39. The molecule has 44 heavy (non-hydrogen) atoms. The Morgan fingerprint density at radius 3 is 1.66 bits per heavy atom. The van der Waals surface area contributed by atoms with Crippen molar-refractivity contribution in [2.24, 2.45) is 0 Å². The van der Waals surface area contributed by atoms with Gasteiger partial charge in [0.1, 0.15) is 0 Å². The third-order valence-electron chi connectivity index (χ3n) is 8.39. The van der Waals surface area contributed by atoms with Crippen LogP contribution in [-0.4, -0.2) is 4.57 Å². The number of aromatic nitrogens is 1. The van der Waals surface area contributed by atoms with E-state index in [-0.39, 0.29) is 0 Å². The number of rotatable bonds is 6. The summed E-state index contributed by atoms with van der Waals surface area (Å²) in [7, 11) is 0. The second-order valence-corrected chi connectivity index (χ2v) is 11.0. The fourth-order valence-electron chi connectivity index (χ4n) is 6.35. The highest BCUT2D eigenvalue weighted by Gasteiger charge is 2.19. The van der Waals surface area contributed by atoms with Gasteiger partial charge in [0.25, 0.3) is 0 Å². The van der Waals surface area contributed by atoms with E-state index in [4.69, 9.17) is 0 Å². The minimum atomic E-state index is 1.11. The minimum Gasteiger partial charge on any atom is -0.310 e. The molecule has 7 aromatic carbocycles. The van der Waals surface area contributed by atoms with Gasteiger partial charge in [-0.2, -0.15) is 0 Å². The molecule has 0 N–H and O–H groups in total. The molecule has 8 aromatic rings. The molecule has 0 radical (unpaired) electrons. The van der Waals surface area contributed by atoms with Crippen molar-refractivity contribution in [3.63, 3.8) is 0 Å². The number of hydrogen-bond donors (Lipinski definition) is 0. The van der Waals surface area contributed by atoms with Crippen LogP contribution in [0.5, 0.6) is 0 Å². The second-order valence-electron chi connectivity index (χ2n) is 11.0. The van der Waals surface area contributed by atoms with E-state index in [1.54, 1.807) is 0 Å². The van der Waals surface area contributed by atoms with Gasteiger partial charge in [0.05, 0.1) is 16.7 Å². The number of fused-ring (bicyclic) bond motifs is 3. The molecule has 8 rings (SSSR count). The van der Waals surface area contributed by atoms with E-state index in [9.17, 15) is 0 Å². The molecule has 0 unspecified atom stereocenters. The quantitative estimate of drug-likeness (QED) is 0.196. The van der Waals surface area contributed by atoms with Crippen LogP contribution in [0.25, 0.3) is 49.7 Å².